The molecular formula is C21H20BrN3O. The number of furan rings is 1. The van der Waals surface area contributed by atoms with Gasteiger partial charge in [-0.1, -0.05) is 22.0 Å². The van der Waals surface area contributed by atoms with E-state index in [-0.39, 0.29) is 0 Å². The monoisotopic (exact) mass is 409 g/mol. The lowest BCUT2D eigenvalue weighted by Crippen LogP contribution is -2.00. The van der Waals surface area contributed by atoms with E-state index in [0.29, 0.717) is 11.4 Å². The highest BCUT2D eigenvalue weighted by molar-refractivity contribution is 9.10. The van der Waals surface area contributed by atoms with E-state index in [2.05, 4.69) is 76.6 Å². The predicted octanol–water partition coefficient (Wildman–Crippen LogP) is 6.00. The van der Waals surface area contributed by atoms with Crippen LogP contribution in [0.4, 0.5) is 5.88 Å². The van der Waals surface area contributed by atoms with Crippen molar-refractivity contribution in [2.75, 3.05) is 0 Å². The molecule has 0 saturated heterocycles. The first kappa shape index (κ1) is 18.2. The largest absolute Gasteiger partial charge is 0.442 e. The van der Waals surface area contributed by atoms with Gasteiger partial charge in [-0.2, -0.15) is 5.26 Å². The van der Waals surface area contributed by atoms with Gasteiger partial charge in [-0.25, -0.2) is 4.99 Å². The maximum atomic E-state index is 9.32. The summed E-state index contributed by atoms with van der Waals surface area (Å²) in [6, 6.07) is 10.6. The third-order valence-corrected chi connectivity index (χ3v) is 5.54. The number of nitriles is 1. The lowest BCUT2D eigenvalue weighted by Gasteiger charge is -2.11. The Bertz CT molecular complexity index is 1060. The van der Waals surface area contributed by atoms with Gasteiger partial charge in [-0.3, -0.25) is 0 Å². The van der Waals surface area contributed by atoms with E-state index in [0.717, 1.165) is 38.4 Å². The molecular weight excluding hydrogens is 390 g/mol. The van der Waals surface area contributed by atoms with Gasteiger partial charge in [0.25, 0.3) is 0 Å². The number of benzene rings is 1. The van der Waals surface area contributed by atoms with Crippen LogP contribution in [0.3, 0.4) is 0 Å². The molecule has 0 bridgehead atoms. The molecule has 0 saturated carbocycles. The molecule has 0 spiro atoms. The fourth-order valence-corrected chi connectivity index (χ4v) is 3.36. The molecule has 132 valence electrons. The van der Waals surface area contributed by atoms with E-state index in [9.17, 15) is 5.26 Å². The third-order valence-electron chi connectivity index (χ3n) is 4.68. The summed E-state index contributed by atoms with van der Waals surface area (Å²) in [5.74, 6) is 1.09. The number of rotatable bonds is 3. The Morgan fingerprint density at radius 1 is 1.15 bits per heavy atom. The zero-order valence-corrected chi connectivity index (χ0v) is 17.1. The summed E-state index contributed by atoms with van der Waals surface area (Å²) < 4.78 is 8.89. The Kier molecular flexibility index (Phi) is 4.88. The van der Waals surface area contributed by atoms with Crippen LogP contribution in [0, 0.1) is 45.9 Å². The highest BCUT2D eigenvalue weighted by Crippen LogP contribution is 2.29. The van der Waals surface area contributed by atoms with Gasteiger partial charge < -0.3 is 8.98 Å². The molecule has 0 aliphatic rings. The topological polar surface area (TPSA) is 54.2 Å². The van der Waals surface area contributed by atoms with Crippen LogP contribution in [0.1, 0.15) is 39.4 Å². The van der Waals surface area contributed by atoms with Crippen molar-refractivity contribution in [3.8, 4) is 11.8 Å². The van der Waals surface area contributed by atoms with Gasteiger partial charge in [0.15, 0.2) is 0 Å². The molecule has 26 heavy (non-hydrogen) atoms. The Morgan fingerprint density at radius 2 is 1.88 bits per heavy atom. The van der Waals surface area contributed by atoms with E-state index in [1.54, 1.807) is 6.21 Å². The summed E-state index contributed by atoms with van der Waals surface area (Å²) in [4.78, 5) is 4.43. The van der Waals surface area contributed by atoms with Crippen LogP contribution in [-0.2, 0) is 0 Å². The molecule has 0 amide bonds. The molecule has 0 unspecified atom stereocenters. The first-order chi connectivity index (χ1) is 12.3. The normalized spacial score (nSPS) is 11.3. The second-order valence-corrected chi connectivity index (χ2v) is 7.28. The molecule has 0 aliphatic carbocycles. The minimum atomic E-state index is 0.366. The van der Waals surface area contributed by atoms with E-state index in [1.165, 1.54) is 5.56 Å². The second kappa shape index (κ2) is 6.97. The van der Waals surface area contributed by atoms with Crippen molar-refractivity contribution in [2.45, 2.75) is 34.6 Å². The number of aryl methyl sites for hydroxylation is 3. The first-order valence-electron chi connectivity index (χ1n) is 8.33. The van der Waals surface area contributed by atoms with Crippen molar-refractivity contribution >= 4 is 28.0 Å². The van der Waals surface area contributed by atoms with Gasteiger partial charge in [0.1, 0.15) is 17.4 Å². The van der Waals surface area contributed by atoms with Gasteiger partial charge in [-0.15, -0.1) is 0 Å². The van der Waals surface area contributed by atoms with E-state index < -0.39 is 0 Å². The van der Waals surface area contributed by atoms with Gasteiger partial charge in [-0.05, 0) is 58.4 Å². The number of halogens is 1. The van der Waals surface area contributed by atoms with Gasteiger partial charge in [0.2, 0.25) is 5.88 Å². The van der Waals surface area contributed by atoms with Crippen molar-refractivity contribution in [1.29, 1.82) is 5.26 Å². The molecule has 5 heteroatoms. The van der Waals surface area contributed by atoms with Crippen molar-refractivity contribution in [2.24, 2.45) is 4.99 Å². The molecule has 3 rings (SSSR count). The standard InChI is InChI=1S/C21H20BrN3O/c1-12-6-7-18(9-20(12)22)25-13(2)8-17(15(25)4)11-24-21-19(10-23)14(3)16(5)26-21/h6-9,11H,1-5H3/b24-11+. The Balaban J connectivity index is 2.02. The van der Waals surface area contributed by atoms with Crippen LogP contribution in [-0.4, -0.2) is 10.8 Å². The van der Waals surface area contributed by atoms with Crippen LogP contribution in [0.25, 0.3) is 5.69 Å². The summed E-state index contributed by atoms with van der Waals surface area (Å²) in [7, 11) is 0. The highest BCUT2D eigenvalue weighted by Gasteiger charge is 2.14. The van der Waals surface area contributed by atoms with Gasteiger partial charge in [0.05, 0.1) is 0 Å². The minimum absolute atomic E-state index is 0.366. The number of hydrogen-bond acceptors (Lipinski definition) is 3. The van der Waals surface area contributed by atoms with Gasteiger partial charge >= 0.3 is 0 Å². The van der Waals surface area contributed by atoms with E-state index in [4.69, 9.17) is 4.42 Å². The van der Waals surface area contributed by atoms with Crippen molar-refractivity contribution in [3.05, 3.63) is 68.1 Å². The third kappa shape index (κ3) is 3.13. The second-order valence-electron chi connectivity index (χ2n) is 6.43. The molecule has 2 heterocycles. The van der Waals surface area contributed by atoms with Crippen molar-refractivity contribution in [1.82, 2.24) is 4.57 Å². The lowest BCUT2D eigenvalue weighted by atomic mass is 10.2. The molecule has 1 aromatic carbocycles. The average molecular weight is 410 g/mol. The SMILES string of the molecule is Cc1ccc(-n2c(C)cc(/C=N/c3oc(C)c(C)c3C#N)c2C)cc1Br. The maximum Gasteiger partial charge on any atom is 0.237 e. The molecule has 0 N–H and O–H groups in total. The van der Waals surface area contributed by atoms with Crippen LogP contribution >= 0.6 is 15.9 Å². The summed E-state index contributed by atoms with van der Waals surface area (Å²) in [5, 5.41) is 9.32. The Morgan fingerprint density at radius 3 is 2.54 bits per heavy atom. The lowest BCUT2D eigenvalue weighted by molar-refractivity contribution is 0.542. The maximum absolute atomic E-state index is 9.32. The molecule has 2 aromatic heterocycles. The van der Waals surface area contributed by atoms with Crippen LogP contribution in [0.2, 0.25) is 0 Å². The molecule has 0 aliphatic heterocycles. The molecule has 3 aromatic rings. The summed E-state index contributed by atoms with van der Waals surface area (Å²) in [5.41, 5.74) is 6.83. The zero-order chi connectivity index (χ0) is 19.0. The summed E-state index contributed by atoms with van der Waals surface area (Å²) in [6.45, 7) is 9.92. The zero-order valence-electron chi connectivity index (χ0n) is 15.5. The Hall–Kier alpha value is -2.58. The first-order valence-corrected chi connectivity index (χ1v) is 9.12. The number of aliphatic imine (C=N–C) groups is 1. The predicted molar refractivity (Wildman–Crippen MR) is 108 cm³/mol. The number of nitrogens with zero attached hydrogens (tertiary/aromatic N) is 3. The molecule has 4 nitrogen and oxygen atoms in total. The highest BCUT2D eigenvalue weighted by atomic mass is 79.9. The number of aromatic nitrogens is 1. The van der Waals surface area contributed by atoms with Crippen LogP contribution in [0.5, 0.6) is 0 Å². The molecule has 0 fully saturated rings. The fourth-order valence-electron chi connectivity index (χ4n) is 3.00. The van der Waals surface area contributed by atoms with Gasteiger partial charge in [0, 0.05) is 38.9 Å². The van der Waals surface area contributed by atoms with Crippen molar-refractivity contribution < 1.29 is 4.42 Å². The summed E-state index contributed by atoms with van der Waals surface area (Å²) >= 11 is 3.60. The Labute approximate surface area is 161 Å². The molecule has 0 radical (unpaired) electrons. The average Bonchev–Trinajstić information content (AvgIpc) is 3.04. The van der Waals surface area contributed by atoms with Crippen molar-refractivity contribution in [3.63, 3.8) is 0 Å². The fraction of sp³-hybridized carbons (Fsp3) is 0.238. The number of hydrogen-bond donors (Lipinski definition) is 0. The quantitative estimate of drug-likeness (QED) is 0.498. The van der Waals surface area contributed by atoms with E-state index >= 15 is 0 Å². The smallest absolute Gasteiger partial charge is 0.237 e. The van der Waals surface area contributed by atoms with Crippen LogP contribution < -0.4 is 0 Å². The minimum Gasteiger partial charge on any atom is -0.442 e. The molecule has 0 atom stereocenters. The van der Waals surface area contributed by atoms with Crippen LogP contribution in [0.15, 0.2) is 38.1 Å². The van der Waals surface area contributed by atoms with E-state index in [1.807, 2.05) is 13.8 Å². The summed E-state index contributed by atoms with van der Waals surface area (Å²) in [6.07, 6.45) is 1.76.